The Kier molecular flexibility index (Phi) is 14.8. The first kappa shape index (κ1) is 41.0. The molecular weight excluding hydrogens is 708 g/mol. The number of ether oxygens (including phenoxy) is 2. The van der Waals surface area contributed by atoms with Crippen molar-refractivity contribution in [2.45, 2.75) is 64.8 Å². The second-order valence-electron chi connectivity index (χ2n) is 12.4. The minimum Gasteiger partial charge on any atom is -0.449 e. The van der Waals surface area contributed by atoms with Crippen LogP contribution in [-0.4, -0.2) is 122 Å². The average Bonchev–Trinajstić information content (AvgIpc) is 3.63. The number of hydrogen-bond acceptors (Lipinski definition) is 11. The highest BCUT2D eigenvalue weighted by Crippen LogP contribution is 2.48. The molecule has 0 bridgehead atoms. The Morgan fingerprint density at radius 2 is 1.69 bits per heavy atom. The molecule has 1 aromatic heterocycles. The number of halogens is 3. The van der Waals surface area contributed by atoms with Crippen LogP contribution >= 0.6 is 7.60 Å². The van der Waals surface area contributed by atoms with Gasteiger partial charge in [-0.1, -0.05) is 25.5 Å². The number of anilines is 1. The van der Waals surface area contributed by atoms with Gasteiger partial charge in [0.1, 0.15) is 17.6 Å². The summed E-state index contributed by atoms with van der Waals surface area (Å²) >= 11 is 0. The second kappa shape index (κ2) is 18.8. The molecule has 3 amide bonds. The van der Waals surface area contributed by atoms with E-state index in [1.807, 2.05) is 11.8 Å². The number of amides is 3. The first-order chi connectivity index (χ1) is 24.8. The van der Waals surface area contributed by atoms with E-state index in [-0.39, 0.29) is 75.2 Å². The largest absolute Gasteiger partial charge is 0.449 e. The highest BCUT2D eigenvalue weighted by Gasteiger charge is 2.35. The van der Waals surface area contributed by atoms with Crippen LogP contribution in [0.25, 0.3) is 11.4 Å². The predicted octanol–water partition coefficient (Wildman–Crippen LogP) is 5.22. The fraction of sp³-hybridized carbons (Fsp3) is 0.618. The number of unbranched alkanes of at least 4 members (excludes halogenated alkanes) is 1. The first-order valence-electron chi connectivity index (χ1n) is 17.5. The standard InChI is InChI=1S/C34H48F3N6O8P/c1-5-8-19-49-33(46)42-17-15-41(16-18-42)32(45)27(13-20-52(47,50-6-2)51-7-3)39-31(44)28-22-29(43-14-12-26(23-43)48-4)40-30(38-28)24-10-9-11-25(21-24)34(35,36)37/h9-11,21-22,26-27H,5-8,12-20,23H2,1-4H3,(H,39,44). The minimum absolute atomic E-state index is 0.0429. The Morgan fingerprint density at radius 1 is 1.00 bits per heavy atom. The van der Waals surface area contributed by atoms with Crippen LogP contribution in [0.3, 0.4) is 0 Å². The number of alkyl halides is 3. The summed E-state index contributed by atoms with van der Waals surface area (Å²) in [5.41, 5.74) is -1.05. The summed E-state index contributed by atoms with van der Waals surface area (Å²) in [4.78, 5) is 54.2. The third kappa shape index (κ3) is 11.1. The van der Waals surface area contributed by atoms with Crippen LogP contribution in [0.1, 0.15) is 62.5 Å². The van der Waals surface area contributed by atoms with Gasteiger partial charge in [0.15, 0.2) is 5.82 Å². The van der Waals surface area contributed by atoms with Crippen LogP contribution in [0.2, 0.25) is 0 Å². The molecule has 288 valence electrons. The van der Waals surface area contributed by atoms with Crippen molar-refractivity contribution in [2.75, 3.05) is 77.3 Å². The molecule has 2 saturated heterocycles. The smallest absolute Gasteiger partial charge is 0.416 e. The molecule has 1 N–H and O–H groups in total. The topological polar surface area (TPSA) is 153 Å². The van der Waals surface area contributed by atoms with E-state index >= 15 is 0 Å². The van der Waals surface area contributed by atoms with Gasteiger partial charge < -0.3 is 38.5 Å². The van der Waals surface area contributed by atoms with Gasteiger partial charge in [0, 0.05) is 58.0 Å². The molecule has 2 unspecified atom stereocenters. The molecule has 4 rings (SSSR count). The SMILES string of the molecule is CCCCOC(=O)N1CCN(C(=O)C(CCP(=O)(OCC)OCC)NC(=O)c2cc(N3CCC(OC)C3)nc(-c3cccc(C(F)(F)F)c3)n2)CC1. The van der Waals surface area contributed by atoms with Gasteiger partial charge in [0.25, 0.3) is 5.91 Å². The lowest BCUT2D eigenvalue weighted by molar-refractivity contribution is -0.137. The van der Waals surface area contributed by atoms with E-state index in [1.165, 1.54) is 28.0 Å². The van der Waals surface area contributed by atoms with Gasteiger partial charge >= 0.3 is 19.9 Å². The lowest BCUT2D eigenvalue weighted by atomic mass is 10.1. The van der Waals surface area contributed by atoms with E-state index in [9.17, 15) is 32.1 Å². The van der Waals surface area contributed by atoms with Crippen LogP contribution < -0.4 is 10.2 Å². The number of nitrogens with zero attached hydrogens (tertiary/aromatic N) is 5. The highest BCUT2D eigenvalue weighted by atomic mass is 31.2. The molecule has 0 spiro atoms. The van der Waals surface area contributed by atoms with Crippen LogP contribution in [0, 0.1) is 0 Å². The molecular formula is C34H48F3N6O8P. The fourth-order valence-corrected chi connectivity index (χ4v) is 7.56. The number of carbonyl (C=O) groups is 3. The molecule has 18 heteroatoms. The Morgan fingerprint density at radius 3 is 2.31 bits per heavy atom. The van der Waals surface area contributed by atoms with E-state index in [0.29, 0.717) is 31.9 Å². The first-order valence-corrected chi connectivity index (χ1v) is 19.3. The number of hydrogen-bond donors (Lipinski definition) is 1. The van der Waals surface area contributed by atoms with Gasteiger partial charge in [-0.2, -0.15) is 13.2 Å². The Labute approximate surface area is 301 Å². The Bertz CT molecular complexity index is 1570. The Hall–Kier alpha value is -3.79. The highest BCUT2D eigenvalue weighted by molar-refractivity contribution is 7.53. The summed E-state index contributed by atoms with van der Waals surface area (Å²) in [6, 6.07) is 4.69. The van der Waals surface area contributed by atoms with Crippen molar-refractivity contribution in [2.24, 2.45) is 0 Å². The normalized spacial score (nSPS) is 17.3. The van der Waals surface area contributed by atoms with Gasteiger partial charge in [-0.25, -0.2) is 14.8 Å². The van der Waals surface area contributed by atoms with E-state index in [0.717, 1.165) is 25.0 Å². The molecule has 2 fully saturated rings. The van der Waals surface area contributed by atoms with Gasteiger partial charge in [-0.15, -0.1) is 0 Å². The van der Waals surface area contributed by atoms with Crippen molar-refractivity contribution in [3.8, 4) is 11.4 Å². The molecule has 2 aliphatic heterocycles. The van der Waals surface area contributed by atoms with Crippen LogP contribution in [-0.2, 0) is 34.1 Å². The number of carbonyl (C=O) groups excluding carboxylic acids is 3. The molecule has 0 saturated carbocycles. The molecule has 14 nitrogen and oxygen atoms in total. The van der Waals surface area contributed by atoms with Crippen molar-refractivity contribution in [1.82, 2.24) is 25.1 Å². The van der Waals surface area contributed by atoms with Gasteiger partial charge in [-0.05, 0) is 45.2 Å². The molecule has 2 aromatic rings. The number of aromatic nitrogens is 2. The lowest BCUT2D eigenvalue weighted by Gasteiger charge is -2.36. The van der Waals surface area contributed by atoms with E-state index in [2.05, 4.69) is 15.3 Å². The van der Waals surface area contributed by atoms with Crippen molar-refractivity contribution < 1.29 is 50.6 Å². The number of benzene rings is 1. The zero-order chi connectivity index (χ0) is 37.9. The maximum Gasteiger partial charge on any atom is 0.416 e. The van der Waals surface area contributed by atoms with Crippen LogP contribution in [0.15, 0.2) is 30.3 Å². The van der Waals surface area contributed by atoms with Crippen molar-refractivity contribution in [3.63, 3.8) is 0 Å². The summed E-state index contributed by atoms with van der Waals surface area (Å²) in [6.07, 6.45) is -3.24. The summed E-state index contributed by atoms with van der Waals surface area (Å²) < 4.78 is 75.9. The van der Waals surface area contributed by atoms with Crippen molar-refractivity contribution in [3.05, 3.63) is 41.6 Å². The molecule has 2 aliphatic rings. The van der Waals surface area contributed by atoms with E-state index < -0.39 is 43.3 Å². The van der Waals surface area contributed by atoms with Gasteiger partial charge in [0.2, 0.25) is 5.91 Å². The number of nitrogens with one attached hydrogen (secondary N) is 1. The van der Waals surface area contributed by atoms with Gasteiger partial charge in [0.05, 0.1) is 37.6 Å². The molecule has 3 heterocycles. The average molecular weight is 757 g/mol. The van der Waals surface area contributed by atoms with Gasteiger partial charge in [-0.3, -0.25) is 14.2 Å². The van der Waals surface area contributed by atoms with Crippen LogP contribution in [0.4, 0.5) is 23.8 Å². The number of piperazine rings is 1. The van der Waals surface area contributed by atoms with Crippen LogP contribution in [0.5, 0.6) is 0 Å². The molecule has 52 heavy (non-hydrogen) atoms. The number of rotatable bonds is 16. The molecule has 2 atom stereocenters. The van der Waals surface area contributed by atoms with Crippen molar-refractivity contribution in [1.29, 1.82) is 0 Å². The molecule has 0 radical (unpaired) electrons. The summed E-state index contributed by atoms with van der Waals surface area (Å²) in [5.74, 6) is -1.09. The maximum atomic E-state index is 14.0. The summed E-state index contributed by atoms with van der Waals surface area (Å²) in [5, 5.41) is 2.73. The monoisotopic (exact) mass is 756 g/mol. The quantitative estimate of drug-likeness (QED) is 0.177. The predicted molar refractivity (Wildman–Crippen MR) is 186 cm³/mol. The second-order valence-corrected chi connectivity index (χ2v) is 14.6. The fourth-order valence-electron chi connectivity index (χ4n) is 5.87. The lowest BCUT2D eigenvalue weighted by Crippen LogP contribution is -2.56. The third-order valence-electron chi connectivity index (χ3n) is 8.72. The molecule has 1 aromatic carbocycles. The molecule has 0 aliphatic carbocycles. The zero-order valence-corrected chi connectivity index (χ0v) is 30.9. The third-order valence-corrected chi connectivity index (χ3v) is 10.8. The summed E-state index contributed by atoms with van der Waals surface area (Å²) in [6.45, 7) is 7.49. The zero-order valence-electron chi connectivity index (χ0n) is 30.0. The Balaban J connectivity index is 1.62. The summed E-state index contributed by atoms with van der Waals surface area (Å²) in [7, 11) is -2.05. The maximum absolute atomic E-state index is 14.0. The number of methoxy groups -OCH3 is 1. The minimum atomic E-state index is -4.62. The van der Waals surface area contributed by atoms with E-state index in [4.69, 9.17) is 18.5 Å². The van der Waals surface area contributed by atoms with E-state index in [1.54, 1.807) is 21.0 Å². The van der Waals surface area contributed by atoms with Crippen molar-refractivity contribution >= 4 is 31.3 Å².